The molecular weight excluding hydrogens is 268 g/mol. The fraction of sp³-hybridized carbons (Fsp3) is 0.867. The molecule has 1 fully saturated rings. The van der Waals surface area contributed by atoms with Gasteiger partial charge in [-0.15, -0.1) is 0 Å². The maximum atomic E-state index is 11.9. The highest BCUT2D eigenvalue weighted by Gasteiger charge is 2.19. The molecule has 0 saturated carbocycles. The van der Waals surface area contributed by atoms with Crippen LogP contribution in [0, 0.1) is 5.92 Å². The van der Waals surface area contributed by atoms with Crippen molar-refractivity contribution in [1.82, 2.24) is 15.5 Å². The van der Waals surface area contributed by atoms with Crippen LogP contribution in [0.4, 0.5) is 0 Å². The molecule has 1 saturated heterocycles. The Morgan fingerprint density at radius 2 is 2.14 bits per heavy atom. The minimum atomic E-state index is -0.224. The quantitative estimate of drug-likeness (QED) is 0.583. The van der Waals surface area contributed by atoms with Crippen LogP contribution in [0.1, 0.15) is 34.1 Å². The van der Waals surface area contributed by atoms with Gasteiger partial charge in [-0.1, -0.05) is 0 Å². The van der Waals surface area contributed by atoms with Gasteiger partial charge < -0.3 is 20.3 Å². The fourth-order valence-electron chi connectivity index (χ4n) is 2.28. The summed E-state index contributed by atoms with van der Waals surface area (Å²) in [6.07, 6.45) is 1.09. The van der Waals surface area contributed by atoms with E-state index in [0.29, 0.717) is 5.92 Å². The number of ether oxygens (including phenoxy) is 1. The first-order chi connectivity index (χ1) is 9.81. The zero-order chi connectivity index (χ0) is 15.9. The summed E-state index contributed by atoms with van der Waals surface area (Å²) < 4.78 is 5.40. The summed E-state index contributed by atoms with van der Waals surface area (Å²) in [6.45, 7) is 11.4. The number of guanidine groups is 1. The Bertz CT molecular complexity index is 357. The van der Waals surface area contributed by atoms with Crippen LogP contribution in [0.25, 0.3) is 0 Å². The molecule has 1 heterocycles. The molecule has 21 heavy (non-hydrogen) atoms. The molecule has 122 valence electrons. The second-order valence-electron chi connectivity index (χ2n) is 6.58. The zero-order valence-corrected chi connectivity index (χ0v) is 14.0. The SMILES string of the molecule is CCNC(=NCC(=O)NC(C)(C)C)N(C)CC1CCOC1. The van der Waals surface area contributed by atoms with E-state index in [4.69, 9.17) is 4.74 Å². The lowest BCUT2D eigenvalue weighted by molar-refractivity contribution is -0.121. The molecule has 0 radical (unpaired) electrons. The number of carbonyl (C=O) groups excluding carboxylic acids is 1. The monoisotopic (exact) mass is 298 g/mol. The summed E-state index contributed by atoms with van der Waals surface area (Å²) in [6, 6.07) is 0. The lowest BCUT2D eigenvalue weighted by atomic mass is 10.1. The highest BCUT2D eigenvalue weighted by atomic mass is 16.5. The molecule has 1 atom stereocenters. The van der Waals surface area contributed by atoms with E-state index in [-0.39, 0.29) is 18.0 Å². The van der Waals surface area contributed by atoms with Crippen LogP contribution in [-0.4, -0.2) is 62.2 Å². The van der Waals surface area contributed by atoms with Crippen molar-refractivity contribution in [3.05, 3.63) is 0 Å². The molecule has 0 aliphatic carbocycles. The number of nitrogens with zero attached hydrogens (tertiary/aromatic N) is 2. The summed E-state index contributed by atoms with van der Waals surface area (Å²) in [5.41, 5.74) is -0.224. The zero-order valence-electron chi connectivity index (χ0n) is 14.0. The first-order valence-electron chi connectivity index (χ1n) is 7.70. The molecular formula is C15H30N4O2. The van der Waals surface area contributed by atoms with Crippen molar-refractivity contribution in [3.8, 4) is 0 Å². The smallest absolute Gasteiger partial charge is 0.242 e. The first kappa shape index (κ1) is 17.8. The molecule has 1 aliphatic rings. The van der Waals surface area contributed by atoms with Gasteiger partial charge in [0.1, 0.15) is 6.54 Å². The highest BCUT2D eigenvalue weighted by Crippen LogP contribution is 2.13. The van der Waals surface area contributed by atoms with Gasteiger partial charge in [-0.3, -0.25) is 4.79 Å². The van der Waals surface area contributed by atoms with Crippen LogP contribution in [0.15, 0.2) is 4.99 Å². The minimum Gasteiger partial charge on any atom is -0.381 e. The van der Waals surface area contributed by atoms with Crippen molar-refractivity contribution in [2.24, 2.45) is 10.9 Å². The van der Waals surface area contributed by atoms with Crippen LogP contribution < -0.4 is 10.6 Å². The molecule has 6 heteroatoms. The number of aliphatic imine (C=N–C) groups is 1. The lowest BCUT2D eigenvalue weighted by Gasteiger charge is -2.25. The van der Waals surface area contributed by atoms with Gasteiger partial charge in [-0.2, -0.15) is 0 Å². The van der Waals surface area contributed by atoms with Crippen molar-refractivity contribution < 1.29 is 9.53 Å². The molecule has 1 amide bonds. The van der Waals surface area contributed by atoms with Gasteiger partial charge in [0, 0.05) is 38.2 Å². The molecule has 6 nitrogen and oxygen atoms in total. The summed E-state index contributed by atoms with van der Waals surface area (Å²) >= 11 is 0. The second kappa shape index (κ2) is 8.22. The average molecular weight is 298 g/mol. The predicted octanol–water partition coefficient (Wildman–Crippen LogP) is 0.835. The molecule has 0 aromatic heterocycles. The van der Waals surface area contributed by atoms with Crippen LogP contribution in [0.3, 0.4) is 0 Å². The van der Waals surface area contributed by atoms with Gasteiger partial charge in [-0.25, -0.2) is 4.99 Å². The van der Waals surface area contributed by atoms with Gasteiger partial charge in [0.25, 0.3) is 0 Å². The number of carbonyl (C=O) groups is 1. The lowest BCUT2D eigenvalue weighted by Crippen LogP contribution is -2.44. The molecule has 1 aliphatic heterocycles. The molecule has 0 aromatic carbocycles. The van der Waals surface area contributed by atoms with Crippen LogP contribution >= 0.6 is 0 Å². The Kier molecular flexibility index (Phi) is 6.95. The standard InChI is InChI=1S/C15H30N4O2/c1-6-16-14(17-9-13(20)18-15(2,3)4)19(5)10-12-7-8-21-11-12/h12H,6-11H2,1-5H3,(H,16,17)(H,18,20). The van der Waals surface area contributed by atoms with E-state index in [1.54, 1.807) is 0 Å². The van der Waals surface area contributed by atoms with E-state index < -0.39 is 0 Å². The van der Waals surface area contributed by atoms with Crippen molar-refractivity contribution in [2.45, 2.75) is 39.7 Å². The van der Waals surface area contributed by atoms with Crippen LogP contribution in [0.5, 0.6) is 0 Å². The van der Waals surface area contributed by atoms with E-state index in [0.717, 1.165) is 38.7 Å². The molecule has 0 aromatic rings. The summed E-state index contributed by atoms with van der Waals surface area (Å²) in [4.78, 5) is 18.3. The summed E-state index contributed by atoms with van der Waals surface area (Å²) in [7, 11) is 2.00. The first-order valence-corrected chi connectivity index (χ1v) is 7.70. The Morgan fingerprint density at radius 3 is 2.67 bits per heavy atom. The number of hydrogen-bond donors (Lipinski definition) is 2. The molecule has 1 unspecified atom stereocenters. The van der Waals surface area contributed by atoms with E-state index in [2.05, 4.69) is 20.5 Å². The Balaban J connectivity index is 2.53. The molecule has 1 rings (SSSR count). The predicted molar refractivity (Wildman–Crippen MR) is 85.4 cm³/mol. The van der Waals surface area contributed by atoms with E-state index in [9.17, 15) is 4.79 Å². The number of nitrogens with one attached hydrogen (secondary N) is 2. The van der Waals surface area contributed by atoms with Crippen molar-refractivity contribution in [2.75, 3.05) is 39.9 Å². The van der Waals surface area contributed by atoms with Crippen LogP contribution in [-0.2, 0) is 9.53 Å². The number of amides is 1. The Hall–Kier alpha value is -1.30. The molecule has 0 bridgehead atoms. The van der Waals surface area contributed by atoms with Gasteiger partial charge in [0.2, 0.25) is 5.91 Å². The van der Waals surface area contributed by atoms with E-state index in [1.807, 2.05) is 34.7 Å². The summed E-state index contributed by atoms with van der Waals surface area (Å²) in [5.74, 6) is 1.26. The van der Waals surface area contributed by atoms with Crippen molar-refractivity contribution in [1.29, 1.82) is 0 Å². The van der Waals surface area contributed by atoms with Gasteiger partial charge in [0.15, 0.2) is 5.96 Å². The van der Waals surface area contributed by atoms with Crippen molar-refractivity contribution in [3.63, 3.8) is 0 Å². The molecule has 0 spiro atoms. The fourth-order valence-corrected chi connectivity index (χ4v) is 2.28. The van der Waals surface area contributed by atoms with Gasteiger partial charge in [-0.05, 0) is 34.1 Å². The van der Waals surface area contributed by atoms with Crippen molar-refractivity contribution >= 4 is 11.9 Å². The van der Waals surface area contributed by atoms with E-state index >= 15 is 0 Å². The van der Waals surface area contributed by atoms with Gasteiger partial charge in [0.05, 0.1) is 6.61 Å². The van der Waals surface area contributed by atoms with Gasteiger partial charge >= 0.3 is 0 Å². The maximum Gasteiger partial charge on any atom is 0.242 e. The largest absolute Gasteiger partial charge is 0.381 e. The Morgan fingerprint density at radius 1 is 1.43 bits per heavy atom. The third-order valence-corrected chi connectivity index (χ3v) is 3.14. The van der Waals surface area contributed by atoms with Crippen LogP contribution in [0.2, 0.25) is 0 Å². The average Bonchev–Trinajstić information content (AvgIpc) is 2.84. The summed E-state index contributed by atoms with van der Waals surface area (Å²) in [5, 5.41) is 6.15. The normalized spacial score (nSPS) is 19.5. The third-order valence-electron chi connectivity index (χ3n) is 3.14. The Labute approximate surface area is 128 Å². The third kappa shape index (κ3) is 7.32. The second-order valence-corrected chi connectivity index (χ2v) is 6.58. The van der Waals surface area contributed by atoms with E-state index in [1.165, 1.54) is 0 Å². The number of rotatable bonds is 5. The highest BCUT2D eigenvalue weighted by molar-refractivity contribution is 5.85. The maximum absolute atomic E-state index is 11.9. The minimum absolute atomic E-state index is 0.0597. The topological polar surface area (TPSA) is 66.0 Å². The number of hydrogen-bond acceptors (Lipinski definition) is 3. The molecule has 2 N–H and O–H groups in total.